The van der Waals surface area contributed by atoms with Gasteiger partial charge in [0.1, 0.15) is 28.9 Å². The number of sulfonamides is 1. The van der Waals surface area contributed by atoms with E-state index in [9.17, 15) is 37.7 Å². The second kappa shape index (κ2) is 27.3. The number of nitro groups is 1. The summed E-state index contributed by atoms with van der Waals surface area (Å²) < 4.78 is 48.1. The predicted molar refractivity (Wildman–Crippen MR) is 341 cm³/mol. The minimum atomic E-state index is -4.63. The number of anilines is 3. The van der Waals surface area contributed by atoms with E-state index in [1.807, 2.05) is 24.3 Å². The molecule has 2 aromatic heterocycles. The number of nitrogens with one attached hydrogen (secondary N) is 5. The maximum absolute atomic E-state index is 14.2. The summed E-state index contributed by atoms with van der Waals surface area (Å²) >= 11 is 6.27. The van der Waals surface area contributed by atoms with E-state index in [4.69, 9.17) is 25.8 Å². The van der Waals surface area contributed by atoms with E-state index in [1.54, 1.807) is 36.5 Å². The summed E-state index contributed by atoms with van der Waals surface area (Å²) in [6.07, 6.45) is 8.47. The number of nitrogens with zero attached hydrogens (tertiary/aromatic N) is 6. The summed E-state index contributed by atoms with van der Waals surface area (Å²) in [7, 11) is -4.63. The van der Waals surface area contributed by atoms with Gasteiger partial charge < -0.3 is 39.6 Å². The Bertz CT molecular complexity index is 3820. The van der Waals surface area contributed by atoms with E-state index in [0.717, 1.165) is 93.5 Å². The largest absolute Gasteiger partial charge is 0.455 e. The Morgan fingerprint density at radius 2 is 1.64 bits per heavy atom. The molecule has 4 aromatic carbocycles. The standard InChI is InChI=1S/C65H74ClN11O11S/c1-42-51-5-4-6-55(60(51)64(81)76(42)56-15-16-59(78)71-63(56)80)67-23-31-86-33-34-87-32-30-73-24-19-43(20-25-73)39-69-54-14-12-50(37-57(54)77(82)83)89(84,85)72-62(79)52-13-11-48(36-58(52)88-49-35-45-18-22-68-61(45)70-40-49)75-28-26-74(27-29-75)41-46-17-21-65(2,3)38-53(46)44-7-9-47(66)10-8-44/h4-14,18,22,35-37,40,43,56,67,69H,1,15-17,19-21,23-34,38-39,41H2,2-3H3,(H,68,70)(H,72,79)(H,71,78,80). The number of imide groups is 1. The number of aromatic amines is 1. The molecule has 1 unspecified atom stereocenters. The molecule has 3 fully saturated rings. The number of H-pyrrole nitrogens is 1. The molecule has 468 valence electrons. The number of likely N-dealkylation sites (tertiary alicyclic amines) is 1. The molecule has 22 nitrogen and oxygen atoms in total. The molecule has 0 bridgehead atoms. The average molecular weight is 1250 g/mol. The van der Waals surface area contributed by atoms with Crippen LogP contribution in [0, 0.1) is 21.4 Å². The summed E-state index contributed by atoms with van der Waals surface area (Å²) in [4.78, 5) is 79.2. The van der Waals surface area contributed by atoms with Crippen molar-refractivity contribution in [2.45, 2.75) is 69.7 Å². The molecule has 1 atom stereocenters. The molecule has 24 heteroatoms. The number of hydrogen-bond acceptors (Lipinski definition) is 17. The van der Waals surface area contributed by atoms with Gasteiger partial charge in [-0.3, -0.25) is 44.4 Å². The van der Waals surface area contributed by atoms with Gasteiger partial charge in [0.05, 0.1) is 53.6 Å². The number of rotatable bonds is 24. The Labute approximate surface area is 522 Å². The van der Waals surface area contributed by atoms with Gasteiger partial charge in [0.15, 0.2) is 0 Å². The van der Waals surface area contributed by atoms with Gasteiger partial charge in [-0.15, -0.1) is 0 Å². The highest BCUT2D eigenvalue weighted by atomic mass is 35.5. The first-order chi connectivity index (χ1) is 42.9. The van der Waals surface area contributed by atoms with Crippen molar-refractivity contribution in [1.82, 2.24) is 34.7 Å². The summed E-state index contributed by atoms with van der Waals surface area (Å²) in [5.41, 5.74) is 7.46. The van der Waals surface area contributed by atoms with Crippen molar-refractivity contribution in [2.24, 2.45) is 11.3 Å². The average Bonchev–Trinajstić information content (AvgIpc) is 1.66. The summed E-state index contributed by atoms with van der Waals surface area (Å²) in [5.74, 6) is -1.54. The second-order valence-electron chi connectivity index (χ2n) is 24.1. The zero-order valence-electron chi connectivity index (χ0n) is 50.0. The molecule has 1 aliphatic carbocycles. The van der Waals surface area contributed by atoms with E-state index in [-0.39, 0.29) is 53.0 Å². The van der Waals surface area contributed by atoms with Crippen LogP contribution in [0.15, 0.2) is 120 Å². The van der Waals surface area contributed by atoms with Crippen molar-refractivity contribution in [1.29, 1.82) is 0 Å². The van der Waals surface area contributed by atoms with E-state index < -0.39 is 43.4 Å². The fraction of sp³-hybridized carbons (Fsp3) is 0.400. The molecule has 0 radical (unpaired) electrons. The van der Waals surface area contributed by atoms with Crippen LogP contribution in [-0.2, 0) is 29.1 Å². The van der Waals surface area contributed by atoms with Crippen LogP contribution in [0.3, 0.4) is 0 Å². The molecular formula is C65H74ClN11O11S. The quantitative estimate of drug-likeness (QED) is 0.0164. The number of halogens is 1. The van der Waals surface area contributed by atoms with Gasteiger partial charge in [-0.25, -0.2) is 18.1 Å². The summed E-state index contributed by atoms with van der Waals surface area (Å²) in [6, 6.07) is 25.0. The molecule has 4 amide bonds. The summed E-state index contributed by atoms with van der Waals surface area (Å²) in [6.45, 7) is 17.4. The first-order valence-electron chi connectivity index (χ1n) is 30.3. The molecule has 0 saturated carbocycles. The number of allylic oxidation sites excluding steroid dienone is 1. The van der Waals surface area contributed by atoms with Crippen molar-refractivity contribution in [2.75, 3.05) is 107 Å². The first kappa shape index (κ1) is 62.4. The van der Waals surface area contributed by atoms with Crippen LogP contribution < -0.4 is 30.3 Å². The van der Waals surface area contributed by atoms with Crippen LogP contribution in [0.2, 0.25) is 5.02 Å². The van der Waals surface area contributed by atoms with Crippen LogP contribution in [0.1, 0.15) is 90.6 Å². The molecule has 89 heavy (non-hydrogen) atoms. The van der Waals surface area contributed by atoms with Gasteiger partial charge >= 0.3 is 0 Å². The molecule has 6 heterocycles. The number of ether oxygens (including phenoxy) is 3. The minimum Gasteiger partial charge on any atom is -0.455 e. The van der Waals surface area contributed by atoms with Crippen molar-refractivity contribution < 1.29 is 46.7 Å². The van der Waals surface area contributed by atoms with Crippen LogP contribution in [0.4, 0.5) is 22.7 Å². The molecule has 11 rings (SSSR count). The Hall–Kier alpha value is -8.19. The number of benzene rings is 4. The number of fused-ring (bicyclic) bond motifs is 2. The Morgan fingerprint density at radius 3 is 2.40 bits per heavy atom. The van der Waals surface area contributed by atoms with Crippen molar-refractivity contribution in [3.8, 4) is 11.5 Å². The van der Waals surface area contributed by atoms with Gasteiger partial charge in [0, 0.05) is 110 Å². The molecule has 0 spiro atoms. The second-order valence-corrected chi connectivity index (χ2v) is 26.2. The highest BCUT2D eigenvalue weighted by Gasteiger charge is 2.43. The first-order valence-corrected chi connectivity index (χ1v) is 32.1. The maximum Gasteiger partial charge on any atom is 0.293 e. The third-order valence-electron chi connectivity index (χ3n) is 17.4. The fourth-order valence-corrected chi connectivity index (χ4v) is 13.6. The SMILES string of the molecule is C=C1c2cccc(NCCOCCOCCN3CCC(CNc4ccc(S(=O)(=O)NC(=O)c5ccc(N6CCN(CC7=C(c8ccc(Cl)cc8)CC(C)(C)CC7)CC6)cc5Oc5cnc6[nH]ccc6c5)cc4[N+](=O)[O-])CC3)c2C(=O)N1C1CCC(=O)NC1=O. The molecule has 5 N–H and O–H groups in total. The third-order valence-corrected chi connectivity index (χ3v) is 19.0. The molecule has 4 aliphatic heterocycles. The van der Waals surface area contributed by atoms with E-state index in [2.05, 4.69) is 77.9 Å². The molecular weight excluding hydrogens is 1180 g/mol. The third kappa shape index (κ3) is 14.8. The highest BCUT2D eigenvalue weighted by molar-refractivity contribution is 7.90. The van der Waals surface area contributed by atoms with Crippen LogP contribution in [-0.4, -0.2) is 160 Å². The number of aromatic nitrogens is 2. The maximum atomic E-state index is 14.2. The predicted octanol–water partition coefficient (Wildman–Crippen LogP) is 9.32. The monoisotopic (exact) mass is 1250 g/mol. The number of carbonyl (C=O) groups excluding carboxylic acids is 4. The van der Waals surface area contributed by atoms with Crippen molar-refractivity contribution in [3.05, 3.63) is 153 Å². The lowest BCUT2D eigenvalue weighted by atomic mass is 9.72. The van der Waals surface area contributed by atoms with Gasteiger partial charge in [-0.1, -0.05) is 61.9 Å². The number of hydrogen-bond donors (Lipinski definition) is 5. The fourth-order valence-electron chi connectivity index (χ4n) is 12.4. The molecule has 5 aliphatic rings. The van der Waals surface area contributed by atoms with Crippen LogP contribution in [0.5, 0.6) is 11.5 Å². The highest BCUT2D eigenvalue weighted by Crippen LogP contribution is 2.44. The topological polar surface area (TPSA) is 263 Å². The Kier molecular flexibility index (Phi) is 19.1. The molecule has 6 aromatic rings. The van der Waals surface area contributed by atoms with Gasteiger partial charge in [-0.2, -0.15) is 0 Å². The molecule has 3 saturated heterocycles. The minimum absolute atomic E-state index is 0.0598. The van der Waals surface area contributed by atoms with Crippen molar-refractivity contribution >= 4 is 90.3 Å². The van der Waals surface area contributed by atoms with Crippen LogP contribution in [0.25, 0.3) is 22.3 Å². The van der Waals surface area contributed by atoms with Gasteiger partial charge in [0.25, 0.3) is 27.5 Å². The van der Waals surface area contributed by atoms with Crippen molar-refractivity contribution in [3.63, 3.8) is 0 Å². The Morgan fingerprint density at radius 1 is 0.865 bits per heavy atom. The number of amides is 4. The zero-order valence-corrected chi connectivity index (χ0v) is 51.6. The lowest BCUT2D eigenvalue weighted by Gasteiger charge is -2.39. The number of piperazine rings is 1. The zero-order chi connectivity index (χ0) is 62.4. The number of pyridine rings is 1. The number of nitro benzene ring substituents is 1. The smallest absolute Gasteiger partial charge is 0.293 e. The lowest BCUT2D eigenvalue weighted by molar-refractivity contribution is -0.384. The lowest BCUT2D eigenvalue weighted by Crippen LogP contribution is -2.52. The van der Waals surface area contributed by atoms with E-state index in [0.29, 0.717) is 86.5 Å². The number of piperidine rings is 2. The van der Waals surface area contributed by atoms with E-state index >= 15 is 0 Å². The Balaban J connectivity index is 0.637. The van der Waals surface area contributed by atoms with E-state index in [1.165, 1.54) is 46.0 Å². The number of carbonyl (C=O) groups is 4. The van der Waals surface area contributed by atoms with Gasteiger partial charge in [-0.05, 0) is 129 Å². The summed E-state index contributed by atoms with van der Waals surface area (Å²) in [5, 5.41) is 22.7. The van der Waals surface area contributed by atoms with Gasteiger partial charge in [0.2, 0.25) is 11.8 Å². The van der Waals surface area contributed by atoms with Crippen LogP contribution >= 0.6 is 11.6 Å². The normalized spacial score (nSPS) is 18.5.